The van der Waals surface area contributed by atoms with E-state index in [1.807, 2.05) is 47.7 Å². The Morgan fingerprint density at radius 2 is 1.93 bits per heavy atom. The summed E-state index contributed by atoms with van der Waals surface area (Å²) in [6.45, 7) is 3.69. The van der Waals surface area contributed by atoms with E-state index in [0.29, 0.717) is 0 Å². The van der Waals surface area contributed by atoms with E-state index in [-0.39, 0.29) is 12.0 Å². The maximum atomic E-state index is 13.3. The Balaban J connectivity index is 1.65. The molecule has 0 radical (unpaired) electrons. The quantitative estimate of drug-likeness (QED) is 0.675. The largest absolute Gasteiger partial charge is 0.483 e. The Morgan fingerprint density at radius 1 is 1.18 bits per heavy atom. The van der Waals surface area contributed by atoms with Gasteiger partial charge in [0.05, 0.1) is 5.52 Å². The molecular weight excluding hydrogens is 350 g/mol. The van der Waals surface area contributed by atoms with E-state index in [1.165, 1.54) is 5.56 Å². The van der Waals surface area contributed by atoms with Crippen LogP contribution in [0.5, 0.6) is 5.75 Å². The van der Waals surface area contributed by atoms with Crippen LogP contribution in [0, 0.1) is 6.92 Å². The lowest BCUT2D eigenvalue weighted by Crippen LogP contribution is -2.29. The van der Waals surface area contributed by atoms with Crippen LogP contribution in [0.25, 0.3) is 11.0 Å². The summed E-state index contributed by atoms with van der Waals surface area (Å²) in [4.78, 5) is 20.0. The van der Waals surface area contributed by atoms with Crippen LogP contribution in [0.3, 0.4) is 0 Å². The van der Waals surface area contributed by atoms with Crippen molar-refractivity contribution in [2.24, 2.45) is 7.05 Å². The summed E-state index contributed by atoms with van der Waals surface area (Å²) < 4.78 is 8.55. The summed E-state index contributed by atoms with van der Waals surface area (Å²) in [6, 6.07) is 12.4. The van der Waals surface area contributed by atoms with Crippen LogP contribution >= 0.6 is 0 Å². The van der Waals surface area contributed by atoms with Gasteiger partial charge < -0.3 is 14.2 Å². The van der Waals surface area contributed by atoms with Crippen LogP contribution in [-0.4, -0.2) is 33.4 Å². The number of aryl methyl sites for hydroxylation is 2. The van der Waals surface area contributed by atoms with E-state index in [2.05, 4.69) is 12.1 Å². The predicted octanol–water partition coefficient (Wildman–Crippen LogP) is 4.18. The molecule has 1 fully saturated rings. The summed E-state index contributed by atoms with van der Waals surface area (Å²) in [5, 5.41) is 0. The maximum absolute atomic E-state index is 13.3. The van der Waals surface area contributed by atoms with Gasteiger partial charge in [0.1, 0.15) is 17.4 Å². The highest BCUT2D eigenvalue weighted by Crippen LogP contribution is 2.42. The number of aromatic nitrogens is 2. The zero-order valence-corrected chi connectivity index (χ0v) is 16.4. The normalized spacial score (nSPS) is 18.9. The van der Waals surface area contributed by atoms with Crippen molar-refractivity contribution in [1.82, 2.24) is 14.5 Å². The highest BCUT2D eigenvalue weighted by molar-refractivity contribution is 6.01. The summed E-state index contributed by atoms with van der Waals surface area (Å²) in [6.07, 6.45) is 3.88. The predicted molar refractivity (Wildman–Crippen MR) is 109 cm³/mol. The molecular formula is C23H25N3O2. The number of hydrogen-bond donors (Lipinski definition) is 0. The molecule has 1 unspecified atom stereocenters. The van der Waals surface area contributed by atoms with Crippen LogP contribution in [0.2, 0.25) is 0 Å². The topological polar surface area (TPSA) is 47.4 Å². The number of imidazole rings is 1. The number of likely N-dealkylation sites (tertiary alicyclic amines) is 1. The lowest BCUT2D eigenvalue weighted by molar-refractivity contribution is 0.0789. The molecule has 3 heterocycles. The molecule has 2 aliphatic heterocycles. The van der Waals surface area contributed by atoms with Gasteiger partial charge in [-0.25, -0.2) is 4.98 Å². The third-order valence-electron chi connectivity index (χ3n) is 6.17. The van der Waals surface area contributed by atoms with Gasteiger partial charge in [-0.05, 0) is 44.2 Å². The monoisotopic (exact) mass is 375 g/mol. The number of carbonyl (C=O) groups is 1. The smallest absolute Gasteiger partial charge is 0.254 e. The van der Waals surface area contributed by atoms with Gasteiger partial charge in [-0.1, -0.05) is 30.3 Å². The van der Waals surface area contributed by atoms with Crippen molar-refractivity contribution in [2.45, 2.75) is 38.7 Å². The Hall–Kier alpha value is -2.82. The van der Waals surface area contributed by atoms with Gasteiger partial charge in [0.2, 0.25) is 0 Å². The van der Waals surface area contributed by atoms with Gasteiger partial charge in [0.25, 0.3) is 5.91 Å². The number of ether oxygens (including phenoxy) is 1. The minimum absolute atomic E-state index is 0.00338. The van der Waals surface area contributed by atoms with Crippen molar-refractivity contribution in [2.75, 3.05) is 13.1 Å². The van der Waals surface area contributed by atoms with E-state index in [1.54, 1.807) is 0 Å². The van der Waals surface area contributed by atoms with Crippen molar-refractivity contribution in [3.8, 4) is 5.75 Å². The second-order valence-electron chi connectivity index (χ2n) is 7.87. The Kier molecular flexibility index (Phi) is 4.11. The molecule has 1 saturated heterocycles. The van der Waals surface area contributed by atoms with Crippen molar-refractivity contribution in [3.63, 3.8) is 0 Å². The van der Waals surface area contributed by atoms with Gasteiger partial charge in [0, 0.05) is 31.3 Å². The molecule has 5 rings (SSSR count). The Labute approximate surface area is 164 Å². The lowest BCUT2D eigenvalue weighted by atomic mass is 9.93. The van der Waals surface area contributed by atoms with Gasteiger partial charge in [-0.3, -0.25) is 4.79 Å². The highest BCUT2D eigenvalue weighted by Gasteiger charge is 2.31. The second kappa shape index (κ2) is 6.66. The molecule has 2 aliphatic rings. The summed E-state index contributed by atoms with van der Waals surface area (Å²) in [5.41, 5.74) is 4.82. The van der Waals surface area contributed by atoms with Crippen LogP contribution in [0.4, 0.5) is 0 Å². The molecule has 3 aromatic rings. The third kappa shape index (κ3) is 2.68. The fourth-order valence-electron chi connectivity index (χ4n) is 4.48. The molecule has 5 nitrogen and oxygen atoms in total. The second-order valence-corrected chi connectivity index (χ2v) is 7.87. The zero-order chi connectivity index (χ0) is 19.3. The van der Waals surface area contributed by atoms with E-state index in [4.69, 9.17) is 9.72 Å². The summed E-state index contributed by atoms with van der Waals surface area (Å²) in [5.74, 6) is 1.86. The van der Waals surface area contributed by atoms with Crippen LogP contribution < -0.4 is 4.74 Å². The first-order valence-electron chi connectivity index (χ1n) is 10.1. The SMILES string of the molecule is Cc1nc2c3c(c(C(=O)N4CCCC4)cc2n1C)CCC(c1ccccc1)O3. The Morgan fingerprint density at radius 3 is 2.68 bits per heavy atom. The molecule has 144 valence electrons. The molecule has 0 N–H and O–H groups in total. The summed E-state index contributed by atoms with van der Waals surface area (Å²) >= 11 is 0. The average Bonchev–Trinajstić information content (AvgIpc) is 3.37. The van der Waals surface area contributed by atoms with Gasteiger partial charge in [-0.2, -0.15) is 0 Å². The number of rotatable bonds is 2. The molecule has 0 aliphatic carbocycles. The van der Waals surface area contributed by atoms with Crippen LogP contribution in [0.1, 0.15) is 52.7 Å². The van der Waals surface area contributed by atoms with Crippen molar-refractivity contribution in [3.05, 3.63) is 58.9 Å². The van der Waals surface area contributed by atoms with E-state index >= 15 is 0 Å². The fraction of sp³-hybridized carbons (Fsp3) is 0.391. The Bertz CT molecular complexity index is 1050. The van der Waals surface area contributed by atoms with E-state index in [0.717, 1.165) is 72.5 Å². The molecule has 1 atom stereocenters. The standard InChI is InChI=1S/C23H25N3O2/c1-15-24-21-19(25(15)2)14-18(23(27)26-12-6-7-13-26)17-10-11-20(28-22(17)21)16-8-4-3-5-9-16/h3-5,8-9,14,20H,6-7,10-13H2,1-2H3. The minimum Gasteiger partial charge on any atom is -0.483 e. The first-order chi connectivity index (χ1) is 13.6. The van der Waals surface area contributed by atoms with Crippen LogP contribution in [-0.2, 0) is 13.5 Å². The number of fused-ring (bicyclic) bond motifs is 3. The molecule has 5 heteroatoms. The number of hydrogen-bond acceptors (Lipinski definition) is 3. The van der Waals surface area contributed by atoms with Gasteiger partial charge >= 0.3 is 0 Å². The molecule has 1 amide bonds. The fourth-order valence-corrected chi connectivity index (χ4v) is 4.48. The summed E-state index contributed by atoms with van der Waals surface area (Å²) in [7, 11) is 2.00. The minimum atomic E-state index is -0.00338. The molecule has 1 aromatic heterocycles. The third-order valence-corrected chi connectivity index (χ3v) is 6.17. The van der Waals surface area contributed by atoms with Crippen molar-refractivity contribution in [1.29, 1.82) is 0 Å². The zero-order valence-electron chi connectivity index (χ0n) is 16.4. The number of carbonyl (C=O) groups excluding carboxylic acids is 1. The lowest BCUT2D eigenvalue weighted by Gasteiger charge is -2.29. The molecule has 0 spiro atoms. The maximum Gasteiger partial charge on any atom is 0.254 e. The van der Waals surface area contributed by atoms with Crippen molar-refractivity contribution >= 4 is 16.9 Å². The van der Waals surface area contributed by atoms with Crippen molar-refractivity contribution < 1.29 is 9.53 Å². The number of amides is 1. The first-order valence-corrected chi connectivity index (χ1v) is 10.1. The molecule has 0 bridgehead atoms. The first kappa shape index (κ1) is 17.3. The molecule has 28 heavy (non-hydrogen) atoms. The highest BCUT2D eigenvalue weighted by atomic mass is 16.5. The van der Waals surface area contributed by atoms with Gasteiger partial charge in [-0.15, -0.1) is 0 Å². The molecule has 2 aromatic carbocycles. The molecule has 0 saturated carbocycles. The van der Waals surface area contributed by atoms with Crippen LogP contribution in [0.15, 0.2) is 36.4 Å². The van der Waals surface area contributed by atoms with E-state index < -0.39 is 0 Å². The number of nitrogens with zero attached hydrogens (tertiary/aromatic N) is 3. The van der Waals surface area contributed by atoms with Gasteiger partial charge in [0.15, 0.2) is 5.75 Å². The average molecular weight is 375 g/mol. The van der Waals surface area contributed by atoms with E-state index in [9.17, 15) is 4.79 Å². The number of benzene rings is 2.